The maximum absolute atomic E-state index is 13.0. The molecule has 0 radical (unpaired) electrons. The number of amides is 1. The lowest BCUT2D eigenvalue weighted by molar-refractivity contribution is 0.0791. The molecule has 7 nitrogen and oxygen atoms in total. The summed E-state index contributed by atoms with van der Waals surface area (Å²) in [5.41, 5.74) is 4.55. The predicted molar refractivity (Wildman–Crippen MR) is 123 cm³/mol. The molecule has 32 heavy (non-hydrogen) atoms. The Morgan fingerprint density at radius 1 is 1.25 bits per heavy atom. The largest absolute Gasteiger partial charge is 0.493 e. The monoisotopic (exact) mass is 449 g/mol. The molecule has 0 saturated carbocycles. The SMILES string of the molecule is Cn1cnc2cc(C(=O)N3CC[C@H](c4cc(CCOc5cccc(Cl)c5)[nH]n4)C3)ccc21. The molecule has 1 atom stereocenters. The summed E-state index contributed by atoms with van der Waals surface area (Å²) in [6.45, 7) is 1.93. The second-order valence-corrected chi connectivity index (χ2v) is 8.61. The van der Waals surface area contributed by atoms with Crippen LogP contribution in [0.2, 0.25) is 5.02 Å². The number of aryl methyl sites for hydroxylation is 1. The Morgan fingerprint density at radius 3 is 3.03 bits per heavy atom. The molecule has 2 aromatic heterocycles. The molecule has 1 aliphatic rings. The lowest BCUT2D eigenvalue weighted by Crippen LogP contribution is -2.28. The number of hydrogen-bond donors (Lipinski definition) is 1. The van der Waals surface area contributed by atoms with Crippen LogP contribution in [-0.4, -0.2) is 50.3 Å². The number of likely N-dealkylation sites (tertiary alicyclic amines) is 1. The fourth-order valence-corrected chi connectivity index (χ4v) is 4.37. The Morgan fingerprint density at radius 2 is 2.16 bits per heavy atom. The Kier molecular flexibility index (Phi) is 5.57. The van der Waals surface area contributed by atoms with Crippen molar-refractivity contribution in [1.29, 1.82) is 0 Å². The first kappa shape index (κ1) is 20.6. The van der Waals surface area contributed by atoms with E-state index in [4.69, 9.17) is 16.3 Å². The first-order valence-corrected chi connectivity index (χ1v) is 11.1. The molecule has 1 aliphatic heterocycles. The number of nitrogens with one attached hydrogen (secondary N) is 1. The van der Waals surface area contributed by atoms with E-state index in [0.29, 0.717) is 23.7 Å². The van der Waals surface area contributed by atoms with Gasteiger partial charge in [0.15, 0.2) is 0 Å². The smallest absolute Gasteiger partial charge is 0.253 e. The van der Waals surface area contributed by atoms with E-state index in [1.165, 1.54) is 0 Å². The van der Waals surface area contributed by atoms with Crippen LogP contribution in [0, 0.1) is 0 Å². The third-order valence-electron chi connectivity index (χ3n) is 5.95. The third kappa shape index (κ3) is 4.21. The van der Waals surface area contributed by atoms with Gasteiger partial charge in [-0.15, -0.1) is 0 Å². The zero-order valence-corrected chi connectivity index (χ0v) is 18.5. The van der Waals surface area contributed by atoms with Crippen LogP contribution in [0.1, 0.15) is 34.1 Å². The van der Waals surface area contributed by atoms with Gasteiger partial charge in [-0.1, -0.05) is 17.7 Å². The van der Waals surface area contributed by atoms with Gasteiger partial charge in [-0.2, -0.15) is 5.10 Å². The van der Waals surface area contributed by atoms with E-state index in [1.54, 1.807) is 12.4 Å². The van der Waals surface area contributed by atoms with E-state index >= 15 is 0 Å². The summed E-state index contributed by atoms with van der Waals surface area (Å²) in [5.74, 6) is 1.04. The maximum Gasteiger partial charge on any atom is 0.253 e. The van der Waals surface area contributed by atoms with Crippen LogP contribution < -0.4 is 4.74 Å². The number of fused-ring (bicyclic) bond motifs is 1. The Labute approximate surface area is 191 Å². The van der Waals surface area contributed by atoms with Crippen molar-refractivity contribution < 1.29 is 9.53 Å². The molecule has 0 aliphatic carbocycles. The van der Waals surface area contributed by atoms with Gasteiger partial charge in [0.25, 0.3) is 5.91 Å². The van der Waals surface area contributed by atoms with Gasteiger partial charge < -0.3 is 14.2 Å². The first-order valence-electron chi connectivity index (χ1n) is 10.7. The highest BCUT2D eigenvalue weighted by Crippen LogP contribution is 2.28. The van der Waals surface area contributed by atoms with E-state index in [0.717, 1.165) is 47.6 Å². The number of nitrogens with zero attached hydrogens (tertiary/aromatic N) is 4. The average Bonchev–Trinajstić information content (AvgIpc) is 3.53. The normalized spacial score (nSPS) is 16.1. The number of aromatic nitrogens is 4. The van der Waals surface area contributed by atoms with Crippen molar-refractivity contribution >= 4 is 28.5 Å². The molecular formula is C24H24ClN5O2. The summed E-state index contributed by atoms with van der Waals surface area (Å²) < 4.78 is 7.71. The molecule has 4 aromatic rings. The molecule has 0 unspecified atom stereocenters. The molecule has 5 rings (SSSR count). The number of carbonyl (C=O) groups is 1. The number of carbonyl (C=O) groups excluding carboxylic acids is 1. The van der Waals surface area contributed by atoms with Crippen molar-refractivity contribution in [3.05, 3.63) is 76.8 Å². The molecule has 1 saturated heterocycles. The summed E-state index contributed by atoms with van der Waals surface area (Å²) in [7, 11) is 1.95. The molecule has 3 heterocycles. The van der Waals surface area contributed by atoms with Gasteiger partial charge in [0, 0.05) is 48.8 Å². The lowest BCUT2D eigenvalue weighted by Gasteiger charge is -2.16. The number of aromatic amines is 1. The van der Waals surface area contributed by atoms with Crippen LogP contribution >= 0.6 is 11.6 Å². The average molecular weight is 450 g/mol. The number of imidazole rings is 1. The van der Waals surface area contributed by atoms with Gasteiger partial charge >= 0.3 is 0 Å². The highest BCUT2D eigenvalue weighted by molar-refractivity contribution is 6.30. The number of rotatable bonds is 6. The van der Waals surface area contributed by atoms with E-state index in [9.17, 15) is 4.79 Å². The van der Waals surface area contributed by atoms with Crippen molar-refractivity contribution in [2.75, 3.05) is 19.7 Å². The van der Waals surface area contributed by atoms with Crippen LogP contribution in [0.5, 0.6) is 5.75 Å². The molecule has 1 N–H and O–H groups in total. The topological polar surface area (TPSA) is 76.0 Å². The van der Waals surface area contributed by atoms with Crippen molar-refractivity contribution in [1.82, 2.24) is 24.6 Å². The molecule has 1 amide bonds. The number of benzene rings is 2. The van der Waals surface area contributed by atoms with E-state index < -0.39 is 0 Å². The van der Waals surface area contributed by atoms with Crippen molar-refractivity contribution in [3.8, 4) is 5.75 Å². The van der Waals surface area contributed by atoms with E-state index in [1.807, 2.05) is 52.9 Å². The number of ether oxygens (including phenoxy) is 1. The number of hydrogen-bond acceptors (Lipinski definition) is 4. The number of H-pyrrole nitrogens is 1. The standard InChI is InChI=1S/C24H24ClN5O2/c1-29-15-26-22-11-16(5-6-23(22)29)24(31)30-9-7-17(14-30)21-13-19(27-28-21)8-10-32-20-4-2-3-18(25)12-20/h2-6,11-13,15,17H,7-10,14H2,1H3,(H,27,28)/t17-/m0/s1. The maximum atomic E-state index is 13.0. The summed E-state index contributed by atoms with van der Waals surface area (Å²) >= 11 is 5.99. The quantitative estimate of drug-likeness (QED) is 0.478. The summed E-state index contributed by atoms with van der Waals surface area (Å²) in [4.78, 5) is 19.3. The Bertz CT molecular complexity index is 1260. The van der Waals surface area contributed by atoms with Crippen LogP contribution in [0.4, 0.5) is 0 Å². The molecule has 2 aromatic carbocycles. The molecular weight excluding hydrogens is 426 g/mol. The van der Waals surface area contributed by atoms with Crippen molar-refractivity contribution in [3.63, 3.8) is 0 Å². The highest BCUT2D eigenvalue weighted by Gasteiger charge is 2.29. The Balaban J connectivity index is 1.18. The van der Waals surface area contributed by atoms with Crippen LogP contribution in [-0.2, 0) is 13.5 Å². The minimum atomic E-state index is 0.0470. The highest BCUT2D eigenvalue weighted by atomic mass is 35.5. The summed E-state index contributed by atoms with van der Waals surface area (Å²) in [6.07, 6.45) is 3.39. The van der Waals surface area contributed by atoms with Gasteiger partial charge in [-0.3, -0.25) is 9.89 Å². The van der Waals surface area contributed by atoms with Crippen molar-refractivity contribution in [2.24, 2.45) is 7.05 Å². The van der Waals surface area contributed by atoms with Gasteiger partial charge in [0.1, 0.15) is 5.75 Å². The summed E-state index contributed by atoms with van der Waals surface area (Å²) in [5, 5.41) is 8.26. The van der Waals surface area contributed by atoms with Gasteiger partial charge in [0.05, 0.1) is 29.7 Å². The van der Waals surface area contributed by atoms with Gasteiger partial charge in [-0.25, -0.2) is 4.98 Å². The van der Waals surface area contributed by atoms with E-state index in [-0.39, 0.29) is 11.8 Å². The van der Waals surface area contributed by atoms with Crippen LogP contribution in [0.25, 0.3) is 11.0 Å². The van der Waals surface area contributed by atoms with Gasteiger partial charge in [0.2, 0.25) is 0 Å². The first-order chi connectivity index (χ1) is 15.6. The van der Waals surface area contributed by atoms with Crippen LogP contribution in [0.3, 0.4) is 0 Å². The van der Waals surface area contributed by atoms with Crippen LogP contribution in [0.15, 0.2) is 54.9 Å². The molecule has 8 heteroatoms. The number of halogens is 1. The fourth-order valence-electron chi connectivity index (χ4n) is 4.19. The van der Waals surface area contributed by atoms with Crippen molar-refractivity contribution in [2.45, 2.75) is 18.8 Å². The lowest BCUT2D eigenvalue weighted by atomic mass is 10.0. The minimum absolute atomic E-state index is 0.0470. The second kappa shape index (κ2) is 8.67. The zero-order chi connectivity index (χ0) is 22.1. The van der Waals surface area contributed by atoms with Gasteiger partial charge in [-0.05, 0) is 48.9 Å². The Hall–Kier alpha value is -3.32. The molecule has 164 valence electrons. The molecule has 1 fully saturated rings. The molecule has 0 bridgehead atoms. The third-order valence-corrected chi connectivity index (χ3v) is 6.19. The minimum Gasteiger partial charge on any atom is -0.493 e. The fraction of sp³-hybridized carbons (Fsp3) is 0.292. The summed E-state index contributed by atoms with van der Waals surface area (Å²) in [6, 6.07) is 15.2. The zero-order valence-electron chi connectivity index (χ0n) is 17.8. The van der Waals surface area contributed by atoms with E-state index in [2.05, 4.69) is 21.2 Å². The molecule has 0 spiro atoms. The predicted octanol–water partition coefficient (Wildman–Crippen LogP) is 4.20. The second-order valence-electron chi connectivity index (χ2n) is 8.17.